The molecule has 8 nitrogen and oxygen atoms in total. The van der Waals surface area contributed by atoms with E-state index in [0.29, 0.717) is 11.4 Å². The molecule has 0 aliphatic heterocycles. The molecule has 144 valence electrons. The lowest BCUT2D eigenvalue weighted by molar-refractivity contribution is -0.121. The Morgan fingerprint density at radius 3 is 2.32 bits per heavy atom. The lowest BCUT2D eigenvalue weighted by atomic mass is 10.2. The van der Waals surface area contributed by atoms with E-state index in [4.69, 9.17) is 15.7 Å². The summed E-state index contributed by atoms with van der Waals surface area (Å²) in [6.07, 6.45) is 0.0609. The molecule has 0 saturated heterocycles. The fourth-order valence-electron chi connectivity index (χ4n) is 2.30. The first-order valence-electron chi connectivity index (χ1n) is 8.17. The molecule has 2 aromatic rings. The van der Waals surface area contributed by atoms with Crippen LogP contribution in [0.1, 0.15) is 16.8 Å². The van der Waals surface area contributed by atoms with Gasteiger partial charge in [0.05, 0.1) is 18.1 Å². The molecule has 0 bridgehead atoms. The van der Waals surface area contributed by atoms with Gasteiger partial charge in [0.25, 0.3) is 5.91 Å². The van der Waals surface area contributed by atoms with Gasteiger partial charge in [0.1, 0.15) is 5.82 Å². The van der Waals surface area contributed by atoms with Gasteiger partial charge in [0.2, 0.25) is 0 Å². The van der Waals surface area contributed by atoms with Crippen molar-refractivity contribution in [2.75, 3.05) is 23.4 Å². The summed E-state index contributed by atoms with van der Waals surface area (Å²) >= 11 is 0. The summed E-state index contributed by atoms with van der Waals surface area (Å²) in [6, 6.07) is 12.1. The van der Waals surface area contributed by atoms with Crippen LogP contribution in [0.3, 0.4) is 0 Å². The molecule has 2 rings (SSSR count). The molecule has 0 heterocycles. The van der Waals surface area contributed by atoms with Crippen molar-refractivity contribution in [3.63, 3.8) is 0 Å². The minimum Gasteiger partial charge on any atom is -0.452 e. The second-order valence-corrected chi connectivity index (χ2v) is 5.57. The highest BCUT2D eigenvalue weighted by molar-refractivity contribution is 5.97. The van der Waals surface area contributed by atoms with E-state index in [1.807, 2.05) is 6.07 Å². The van der Waals surface area contributed by atoms with Gasteiger partial charge in [-0.1, -0.05) is 0 Å². The molecule has 28 heavy (non-hydrogen) atoms. The van der Waals surface area contributed by atoms with Crippen molar-refractivity contribution in [3.05, 3.63) is 59.9 Å². The normalized spacial score (nSPS) is 9.86. The number of carbonyl (C=O) groups is 3. The first-order valence-corrected chi connectivity index (χ1v) is 8.17. The van der Waals surface area contributed by atoms with Gasteiger partial charge in [-0.2, -0.15) is 5.26 Å². The van der Waals surface area contributed by atoms with E-state index in [9.17, 15) is 18.8 Å². The first kappa shape index (κ1) is 20.4. The number of nitrogens with zero attached hydrogens (tertiary/aromatic N) is 2. The lowest BCUT2D eigenvalue weighted by Crippen LogP contribution is -2.35. The average molecular weight is 384 g/mol. The number of amides is 3. The number of nitriles is 1. The smallest absolute Gasteiger partial charge is 0.338 e. The number of rotatable bonds is 7. The number of esters is 1. The Bertz CT molecular complexity index is 892. The molecule has 0 unspecified atom stereocenters. The third-order valence-electron chi connectivity index (χ3n) is 3.60. The van der Waals surface area contributed by atoms with Crippen molar-refractivity contribution in [2.24, 2.45) is 5.73 Å². The first-order chi connectivity index (χ1) is 13.4. The van der Waals surface area contributed by atoms with Crippen LogP contribution in [-0.4, -0.2) is 31.1 Å². The van der Waals surface area contributed by atoms with Crippen LogP contribution in [0.5, 0.6) is 0 Å². The number of hydrogen-bond donors (Lipinski definition) is 2. The van der Waals surface area contributed by atoms with Gasteiger partial charge < -0.3 is 20.7 Å². The van der Waals surface area contributed by atoms with Gasteiger partial charge in [-0.25, -0.2) is 14.0 Å². The molecular formula is C19H17FN4O4. The zero-order valence-electron chi connectivity index (χ0n) is 14.7. The van der Waals surface area contributed by atoms with E-state index in [2.05, 4.69) is 5.32 Å². The highest BCUT2D eigenvalue weighted by Gasteiger charge is 2.18. The Kier molecular flexibility index (Phi) is 7.05. The third-order valence-corrected chi connectivity index (χ3v) is 3.60. The van der Waals surface area contributed by atoms with Gasteiger partial charge in [-0.3, -0.25) is 4.79 Å². The van der Waals surface area contributed by atoms with E-state index in [1.165, 1.54) is 53.4 Å². The minimum atomic E-state index is -0.738. The number of carbonyl (C=O) groups excluding carboxylic acids is 3. The van der Waals surface area contributed by atoms with Crippen molar-refractivity contribution in [1.82, 2.24) is 0 Å². The summed E-state index contributed by atoms with van der Waals surface area (Å²) < 4.78 is 18.1. The van der Waals surface area contributed by atoms with E-state index in [0.717, 1.165) is 0 Å². The number of ether oxygens (including phenoxy) is 1. The average Bonchev–Trinajstić information content (AvgIpc) is 2.67. The summed E-state index contributed by atoms with van der Waals surface area (Å²) in [5, 5.41) is 11.1. The van der Waals surface area contributed by atoms with Gasteiger partial charge >= 0.3 is 12.0 Å². The molecular weight excluding hydrogens is 367 g/mol. The quantitative estimate of drug-likeness (QED) is 0.709. The van der Waals surface area contributed by atoms with Crippen molar-refractivity contribution in [3.8, 4) is 6.07 Å². The number of halogens is 1. The second kappa shape index (κ2) is 9.68. The van der Waals surface area contributed by atoms with Gasteiger partial charge in [0, 0.05) is 17.9 Å². The van der Waals surface area contributed by atoms with Crippen LogP contribution in [0.2, 0.25) is 0 Å². The fraction of sp³-hybridized carbons (Fsp3) is 0.158. The zero-order chi connectivity index (χ0) is 20.5. The lowest BCUT2D eigenvalue weighted by Gasteiger charge is -2.21. The van der Waals surface area contributed by atoms with Crippen molar-refractivity contribution in [2.45, 2.75) is 6.42 Å². The molecule has 3 amide bonds. The molecule has 0 aliphatic carbocycles. The maximum atomic E-state index is 13.1. The number of urea groups is 1. The maximum absolute atomic E-state index is 13.1. The molecule has 0 spiro atoms. The molecule has 9 heteroatoms. The Morgan fingerprint density at radius 1 is 1.11 bits per heavy atom. The van der Waals surface area contributed by atoms with E-state index in [1.54, 1.807) is 0 Å². The molecule has 0 aromatic heterocycles. The predicted molar refractivity (Wildman–Crippen MR) is 98.9 cm³/mol. The third kappa shape index (κ3) is 5.81. The second-order valence-electron chi connectivity index (χ2n) is 5.57. The molecule has 0 aliphatic rings. The van der Waals surface area contributed by atoms with Crippen LogP contribution in [0.4, 0.5) is 20.6 Å². The number of primary amides is 1. The molecule has 2 aromatic carbocycles. The van der Waals surface area contributed by atoms with Crippen LogP contribution in [-0.2, 0) is 9.53 Å². The number of benzene rings is 2. The molecule has 0 fully saturated rings. The monoisotopic (exact) mass is 384 g/mol. The summed E-state index contributed by atoms with van der Waals surface area (Å²) in [4.78, 5) is 36.5. The Hall–Kier alpha value is -3.93. The highest BCUT2D eigenvalue weighted by atomic mass is 19.1. The largest absolute Gasteiger partial charge is 0.452 e. The van der Waals surface area contributed by atoms with Crippen LogP contribution in [0, 0.1) is 17.1 Å². The highest BCUT2D eigenvalue weighted by Crippen LogP contribution is 2.16. The fourth-order valence-corrected chi connectivity index (χ4v) is 2.30. The summed E-state index contributed by atoms with van der Waals surface area (Å²) in [7, 11) is 0. The SMILES string of the molecule is N#CCCN(C(=O)COC(=O)c1ccc(NC(N)=O)cc1)c1ccc(F)cc1. The van der Waals surface area contributed by atoms with Gasteiger partial charge in [0.15, 0.2) is 6.61 Å². The van der Waals surface area contributed by atoms with E-state index < -0.39 is 30.3 Å². The van der Waals surface area contributed by atoms with Crippen molar-refractivity contribution in [1.29, 1.82) is 5.26 Å². The van der Waals surface area contributed by atoms with Crippen LogP contribution >= 0.6 is 0 Å². The molecule has 0 radical (unpaired) electrons. The van der Waals surface area contributed by atoms with E-state index in [-0.39, 0.29) is 18.5 Å². The number of hydrogen-bond acceptors (Lipinski definition) is 5. The van der Waals surface area contributed by atoms with E-state index >= 15 is 0 Å². The topological polar surface area (TPSA) is 126 Å². The number of nitrogens with one attached hydrogen (secondary N) is 1. The summed E-state index contributed by atoms with van der Waals surface area (Å²) in [6.45, 7) is -0.477. The molecule has 3 N–H and O–H groups in total. The van der Waals surface area contributed by atoms with Gasteiger partial charge in [-0.05, 0) is 48.5 Å². The van der Waals surface area contributed by atoms with Crippen LogP contribution < -0.4 is 16.0 Å². The predicted octanol–water partition coefficient (Wildman–Crippen LogP) is 2.42. The Labute approximate surface area is 160 Å². The van der Waals surface area contributed by atoms with Gasteiger partial charge in [-0.15, -0.1) is 0 Å². The van der Waals surface area contributed by atoms with Crippen LogP contribution in [0.25, 0.3) is 0 Å². The maximum Gasteiger partial charge on any atom is 0.338 e. The van der Waals surface area contributed by atoms with Crippen molar-refractivity contribution >= 4 is 29.3 Å². The summed E-state index contributed by atoms with van der Waals surface area (Å²) in [5.74, 6) is -1.75. The zero-order valence-corrected chi connectivity index (χ0v) is 14.7. The van der Waals surface area contributed by atoms with Crippen molar-refractivity contribution < 1.29 is 23.5 Å². The molecule has 0 atom stereocenters. The van der Waals surface area contributed by atoms with Crippen LogP contribution in [0.15, 0.2) is 48.5 Å². The number of anilines is 2. The minimum absolute atomic E-state index is 0.0609. The number of nitrogens with two attached hydrogens (primary N) is 1. The Morgan fingerprint density at radius 2 is 1.75 bits per heavy atom. The molecule has 0 saturated carbocycles. The summed E-state index contributed by atoms with van der Waals surface area (Å²) in [5.41, 5.74) is 5.96. The Balaban J connectivity index is 2.00. The standard InChI is InChI=1S/C19H17FN4O4/c20-14-4-8-16(9-5-14)24(11-1-10-21)17(25)12-28-18(26)13-2-6-15(7-3-13)23-19(22)27/h2-9H,1,11-12H2,(H3,22,23,27).